The Morgan fingerprint density at radius 2 is 2.05 bits per heavy atom. The predicted molar refractivity (Wildman–Crippen MR) is 86.1 cm³/mol. The van der Waals surface area contributed by atoms with Crippen LogP contribution in [0.3, 0.4) is 0 Å². The lowest BCUT2D eigenvalue weighted by Gasteiger charge is -2.23. The average molecular weight is 323 g/mol. The summed E-state index contributed by atoms with van der Waals surface area (Å²) in [6, 6.07) is 1.76. The standard InChI is InChI=1S/C15H21N3O3S/c1-8-10-7-11(22-13(10)18(6)17-8)14(20)21-9(2)12(19)16-15(3,4)5/h7,9H,1-6H3,(H,16,19)/t9-/m1/s1. The first-order chi connectivity index (χ1) is 10.1. The van der Waals surface area contributed by atoms with Gasteiger partial charge < -0.3 is 10.1 Å². The van der Waals surface area contributed by atoms with Gasteiger partial charge in [-0.15, -0.1) is 11.3 Å². The maximum Gasteiger partial charge on any atom is 0.349 e. The molecule has 0 radical (unpaired) electrons. The van der Waals surface area contributed by atoms with Crippen molar-refractivity contribution < 1.29 is 14.3 Å². The van der Waals surface area contributed by atoms with Crippen molar-refractivity contribution >= 4 is 33.4 Å². The van der Waals surface area contributed by atoms with E-state index in [2.05, 4.69) is 10.4 Å². The minimum absolute atomic E-state index is 0.306. The van der Waals surface area contributed by atoms with Crippen molar-refractivity contribution in [3.05, 3.63) is 16.6 Å². The van der Waals surface area contributed by atoms with Crippen molar-refractivity contribution in [2.24, 2.45) is 7.05 Å². The molecule has 2 aromatic rings. The van der Waals surface area contributed by atoms with Crippen LogP contribution in [0.25, 0.3) is 10.2 Å². The fourth-order valence-corrected chi connectivity index (χ4v) is 3.06. The summed E-state index contributed by atoms with van der Waals surface area (Å²) in [6.07, 6.45) is -0.837. The van der Waals surface area contributed by atoms with Crippen LogP contribution in [0, 0.1) is 6.92 Å². The highest BCUT2D eigenvalue weighted by Gasteiger charge is 2.24. The molecule has 0 unspecified atom stereocenters. The van der Waals surface area contributed by atoms with Crippen LogP contribution in [0.1, 0.15) is 43.1 Å². The maximum absolute atomic E-state index is 12.2. The number of ether oxygens (including phenoxy) is 1. The van der Waals surface area contributed by atoms with E-state index < -0.39 is 12.1 Å². The van der Waals surface area contributed by atoms with E-state index in [0.717, 1.165) is 15.9 Å². The zero-order valence-corrected chi connectivity index (χ0v) is 14.5. The number of rotatable bonds is 3. The minimum Gasteiger partial charge on any atom is -0.448 e. The van der Waals surface area contributed by atoms with Crippen molar-refractivity contribution in [3.8, 4) is 0 Å². The summed E-state index contributed by atoms with van der Waals surface area (Å²) in [7, 11) is 1.83. The Morgan fingerprint density at radius 3 is 2.59 bits per heavy atom. The van der Waals surface area contributed by atoms with Gasteiger partial charge in [-0.3, -0.25) is 9.48 Å². The van der Waals surface area contributed by atoms with Gasteiger partial charge in [0, 0.05) is 18.0 Å². The molecule has 0 aliphatic heterocycles. The molecule has 0 aliphatic carbocycles. The molecule has 1 N–H and O–H groups in total. The highest BCUT2D eigenvalue weighted by molar-refractivity contribution is 7.20. The van der Waals surface area contributed by atoms with E-state index in [0.29, 0.717) is 4.88 Å². The molecule has 0 spiro atoms. The number of esters is 1. The molecular formula is C15H21N3O3S. The lowest BCUT2D eigenvalue weighted by Crippen LogP contribution is -2.46. The quantitative estimate of drug-likeness (QED) is 0.880. The van der Waals surface area contributed by atoms with Crippen LogP contribution >= 0.6 is 11.3 Å². The van der Waals surface area contributed by atoms with Gasteiger partial charge >= 0.3 is 5.97 Å². The Labute approximate surface area is 133 Å². The van der Waals surface area contributed by atoms with Gasteiger partial charge in [0.05, 0.1) is 5.69 Å². The molecule has 2 rings (SSSR count). The normalized spacial score (nSPS) is 13.2. The highest BCUT2D eigenvalue weighted by Crippen LogP contribution is 2.28. The molecule has 120 valence electrons. The number of amides is 1. The monoisotopic (exact) mass is 323 g/mol. The van der Waals surface area contributed by atoms with Crippen molar-refractivity contribution in [1.82, 2.24) is 15.1 Å². The van der Waals surface area contributed by atoms with Crippen molar-refractivity contribution in [2.75, 3.05) is 0 Å². The van der Waals surface area contributed by atoms with Gasteiger partial charge in [-0.25, -0.2) is 4.79 Å². The molecule has 0 aliphatic rings. The predicted octanol–water partition coefficient (Wildman–Crippen LogP) is 2.40. The minimum atomic E-state index is -0.837. The Bertz CT molecular complexity index is 690. The second-order valence-electron chi connectivity index (χ2n) is 6.33. The number of carbonyl (C=O) groups is 2. The van der Waals surface area contributed by atoms with Crippen molar-refractivity contribution in [1.29, 1.82) is 0 Å². The lowest BCUT2D eigenvalue weighted by molar-refractivity contribution is -0.130. The largest absolute Gasteiger partial charge is 0.448 e. The molecule has 7 heteroatoms. The van der Waals surface area contributed by atoms with Crippen LogP contribution in [0.4, 0.5) is 0 Å². The zero-order valence-electron chi connectivity index (χ0n) is 13.7. The molecule has 0 aromatic carbocycles. The number of aromatic nitrogens is 2. The van der Waals surface area contributed by atoms with Crippen LogP contribution < -0.4 is 5.32 Å². The van der Waals surface area contributed by atoms with E-state index in [1.165, 1.54) is 11.3 Å². The van der Waals surface area contributed by atoms with E-state index in [1.54, 1.807) is 17.7 Å². The maximum atomic E-state index is 12.2. The number of nitrogens with one attached hydrogen (secondary N) is 1. The van der Waals surface area contributed by atoms with Gasteiger partial charge in [-0.05, 0) is 40.7 Å². The van der Waals surface area contributed by atoms with E-state index in [1.807, 2.05) is 34.7 Å². The molecule has 0 fully saturated rings. The third-order valence-electron chi connectivity index (χ3n) is 3.05. The first-order valence-corrected chi connectivity index (χ1v) is 7.86. The smallest absolute Gasteiger partial charge is 0.349 e. The average Bonchev–Trinajstić information content (AvgIpc) is 2.90. The van der Waals surface area contributed by atoms with Crippen LogP contribution in [0.15, 0.2) is 6.07 Å². The number of carbonyl (C=O) groups excluding carboxylic acids is 2. The Morgan fingerprint density at radius 1 is 1.41 bits per heavy atom. The second-order valence-corrected chi connectivity index (χ2v) is 7.36. The van der Waals surface area contributed by atoms with Gasteiger partial charge in [-0.1, -0.05) is 0 Å². The molecule has 1 amide bonds. The highest BCUT2D eigenvalue weighted by atomic mass is 32.1. The molecule has 2 heterocycles. The Hall–Kier alpha value is -1.89. The van der Waals surface area contributed by atoms with Gasteiger partial charge in [0.1, 0.15) is 9.71 Å². The van der Waals surface area contributed by atoms with Crippen molar-refractivity contribution in [3.63, 3.8) is 0 Å². The van der Waals surface area contributed by atoms with E-state index >= 15 is 0 Å². The molecule has 1 atom stereocenters. The summed E-state index contributed by atoms with van der Waals surface area (Å²) in [5, 5.41) is 8.02. The number of aryl methyl sites for hydroxylation is 2. The van der Waals surface area contributed by atoms with E-state index in [-0.39, 0.29) is 11.4 Å². The molecule has 2 aromatic heterocycles. The van der Waals surface area contributed by atoms with Crippen molar-refractivity contribution in [2.45, 2.75) is 46.3 Å². The second kappa shape index (κ2) is 5.72. The summed E-state index contributed by atoms with van der Waals surface area (Å²) < 4.78 is 6.99. The van der Waals surface area contributed by atoms with Gasteiger partial charge in [0.15, 0.2) is 6.10 Å². The first-order valence-electron chi connectivity index (χ1n) is 7.04. The Kier molecular flexibility index (Phi) is 4.28. The first kappa shape index (κ1) is 16.5. The molecular weight excluding hydrogens is 302 g/mol. The van der Waals surface area contributed by atoms with Gasteiger partial charge in [-0.2, -0.15) is 5.10 Å². The SMILES string of the molecule is Cc1nn(C)c2sc(C(=O)O[C@H](C)C(=O)NC(C)(C)C)cc12. The van der Waals surface area contributed by atoms with Gasteiger partial charge in [0.2, 0.25) is 0 Å². The third kappa shape index (κ3) is 3.47. The van der Waals surface area contributed by atoms with Crippen LogP contribution in [-0.4, -0.2) is 33.3 Å². The lowest BCUT2D eigenvalue weighted by atomic mass is 10.1. The summed E-state index contributed by atoms with van der Waals surface area (Å²) >= 11 is 1.31. The topological polar surface area (TPSA) is 73.2 Å². The number of hydrogen-bond donors (Lipinski definition) is 1. The van der Waals surface area contributed by atoms with Crippen LogP contribution in [0.5, 0.6) is 0 Å². The van der Waals surface area contributed by atoms with E-state index in [9.17, 15) is 9.59 Å². The molecule has 6 nitrogen and oxygen atoms in total. The fourth-order valence-electron chi connectivity index (χ4n) is 2.05. The molecule has 22 heavy (non-hydrogen) atoms. The number of nitrogens with zero attached hydrogens (tertiary/aromatic N) is 2. The number of thiophene rings is 1. The summed E-state index contributed by atoms with van der Waals surface area (Å²) in [5.74, 6) is -0.794. The van der Waals surface area contributed by atoms with E-state index in [4.69, 9.17) is 4.74 Å². The van der Waals surface area contributed by atoms with Crippen LogP contribution in [-0.2, 0) is 16.6 Å². The van der Waals surface area contributed by atoms with Crippen LogP contribution in [0.2, 0.25) is 0 Å². The summed E-state index contributed by atoms with van der Waals surface area (Å²) in [4.78, 5) is 25.5. The molecule has 0 bridgehead atoms. The zero-order chi connectivity index (χ0) is 16.7. The molecule has 0 saturated carbocycles. The molecule has 0 saturated heterocycles. The number of fused-ring (bicyclic) bond motifs is 1. The summed E-state index contributed by atoms with van der Waals surface area (Å²) in [5.41, 5.74) is 0.504. The summed E-state index contributed by atoms with van der Waals surface area (Å²) in [6.45, 7) is 9.09. The van der Waals surface area contributed by atoms with Gasteiger partial charge in [0.25, 0.3) is 5.91 Å². The Balaban J connectivity index is 2.10. The third-order valence-corrected chi connectivity index (χ3v) is 4.23. The fraction of sp³-hybridized carbons (Fsp3) is 0.533. The number of hydrogen-bond acceptors (Lipinski definition) is 5.